The van der Waals surface area contributed by atoms with Gasteiger partial charge in [0, 0.05) is 37.6 Å². The maximum Gasteiger partial charge on any atom is 0.228 e. The van der Waals surface area contributed by atoms with E-state index in [9.17, 15) is 9.90 Å². The van der Waals surface area contributed by atoms with E-state index in [1.165, 1.54) is 5.56 Å². The summed E-state index contributed by atoms with van der Waals surface area (Å²) >= 11 is 1.58. The van der Waals surface area contributed by atoms with Crippen molar-refractivity contribution in [3.05, 3.63) is 51.5 Å². The van der Waals surface area contributed by atoms with Crippen LogP contribution in [0, 0.1) is 13.8 Å². The smallest absolute Gasteiger partial charge is 0.228 e. The van der Waals surface area contributed by atoms with Crippen LogP contribution in [0.1, 0.15) is 21.1 Å². The highest BCUT2D eigenvalue weighted by atomic mass is 32.1. The molecule has 0 bridgehead atoms. The van der Waals surface area contributed by atoms with Crippen LogP contribution in [0.3, 0.4) is 0 Å². The van der Waals surface area contributed by atoms with Gasteiger partial charge in [0.1, 0.15) is 0 Å². The molecule has 5 nitrogen and oxygen atoms in total. The topological polar surface area (TPSA) is 56.7 Å². The van der Waals surface area contributed by atoms with Crippen molar-refractivity contribution in [2.24, 2.45) is 0 Å². The molecule has 0 radical (unpaired) electrons. The molecule has 1 fully saturated rings. The van der Waals surface area contributed by atoms with Crippen LogP contribution in [-0.2, 0) is 17.8 Å². The molecule has 2 heterocycles. The number of amides is 1. The normalized spacial score (nSPS) is 19.0. The molecule has 25 heavy (non-hydrogen) atoms. The summed E-state index contributed by atoms with van der Waals surface area (Å²) in [6.45, 7) is 7.14. The lowest BCUT2D eigenvalue weighted by Crippen LogP contribution is -2.38. The van der Waals surface area contributed by atoms with Crippen molar-refractivity contribution in [2.75, 3.05) is 26.2 Å². The third kappa shape index (κ3) is 4.87. The van der Waals surface area contributed by atoms with Gasteiger partial charge in [-0.05, 0) is 19.4 Å². The van der Waals surface area contributed by atoms with Crippen molar-refractivity contribution < 1.29 is 9.90 Å². The van der Waals surface area contributed by atoms with E-state index in [4.69, 9.17) is 0 Å². The zero-order valence-corrected chi connectivity index (χ0v) is 15.6. The minimum Gasteiger partial charge on any atom is -0.390 e. The Morgan fingerprint density at radius 2 is 2.00 bits per heavy atom. The van der Waals surface area contributed by atoms with E-state index in [0.29, 0.717) is 26.1 Å². The Bertz CT molecular complexity index is 717. The average molecular weight is 359 g/mol. The van der Waals surface area contributed by atoms with Crippen molar-refractivity contribution in [3.8, 4) is 0 Å². The number of nitrogens with zero attached hydrogens (tertiary/aromatic N) is 3. The van der Waals surface area contributed by atoms with Gasteiger partial charge in [0.2, 0.25) is 5.91 Å². The molecule has 0 spiro atoms. The quantitative estimate of drug-likeness (QED) is 0.907. The molecule has 1 atom stereocenters. The fourth-order valence-corrected chi connectivity index (χ4v) is 4.18. The van der Waals surface area contributed by atoms with Crippen LogP contribution in [0.2, 0.25) is 0 Å². The molecule has 1 aliphatic heterocycles. The Hall–Kier alpha value is -1.76. The molecular weight excluding hydrogens is 334 g/mol. The fraction of sp³-hybridized carbons (Fsp3) is 0.474. The van der Waals surface area contributed by atoms with E-state index in [1.807, 2.05) is 32.0 Å². The lowest BCUT2D eigenvalue weighted by atomic mass is 10.2. The monoisotopic (exact) mass is 359 g/mol. The molecule has 1 amide bonds. The first-order valence-corrected chi connectivity index (χ1v) is 9.48. The van der Waals surface area contributed by atoms with Crippen LogP contribution in [0.25, 0.3) is 0 Å². The van der Waals surface area contributed by atoms with Gasteiger partial charge in [0.15, 0.2) is 0 Å². The van der Waals surface area contributed by atoms with Crippen molar-refractivity contribution in [3.63, 3.8) is 0 Å². The summed E-state index contributed by atoms with van der Waals surface area (Å²) < 4.78 is 0. The Morgan fingerprint density at radius 3 is 2.68 bits per heavy atom. The number of thiazole rings is 1. The zero-order valence-electron chi connectivity index (χ0n) is 14.8. The Balaban J connectivity index is 1.60. The number of aromatic nitrogens is 1. The number of hydrogen-bond donors (Lipinski definition) is 1. The van der Waals surface area contributed by atoms with E-state index < -0.39 is 6.10 Å². The maximum absolute atomic E-state index is 12.7. The molecular formula is C19H25N3O2S. The van der Waals surface area contributed by atoms with Crippen molar-refractivity contribution in [1.82, 2.24) is 14.8 Å². The maximum atomic E-state index is 12.7. The molecule has 0 aliphatic carbocycles. The Morgan fingerprint density at radius 1 is 1.24 bits per heavy atom. The second-order valence-corrected chi connectivity index (χ2v) is 7.92. The van der Waals surface area contributed by atoms with Gasteiger partial charge < -0.3 is 10.0 Å². The first-order chi connectivity index (χ1) is 12.0. The summed E-state index contributed by atoms with van der Waals surface area (Å²) in [6, 6.07) is 10.2. The van der Waals surface area contributed by atoms with E-state index in [2.05, 4.69) is 22.0 Å². The number of aliphatic hydroxyl groups excluding tert-OH is 1. The van der Waals surface area contributed by atoms with Crippen LogP contribution >= 0.6 is 11.3 Å². The van der Waals surface area contributed by atoms with Crippen LogP contribution in [0.4, 0.5) is 0 Å². The van der Waals surface area contributed by atoms with Gasteiger partial charge in [-0.3, -0.25) is 9.69 Å². The summed E-state index contributed by atoms with van der Waals surface area (Å²) in [7, 11) is 0. The van der Waals surface area contributed by atoms with Gasteiger partial charge >= 0.3 is 0 Å². The van der Waals surface area contributed by atoms with Crippen molar-refractivity contribution in [1.29, 1.82) is 0 Å². The fourth-order valence-electron chi connectivity index (χ4n) is 3.25. The molecule has 0 unspecified atom stereocenters. The van der Waals surface area contributed by atoms with E-state index in [-0.39, 0.29) is 5.91 Å². The summed E-state index contributed by atoms with van der Waals surface area (Å²) in [5, 5.41) is 11.3. The van der Waals surface area contributed by atoms with Crippen molar-refractivity contribution >= 4 is 17.2 Å². The molecule has 1 N–H and O–H groups in total. The van der Waals surface area contributed by atoms with E-state index in [0.717, 1.165) is 28.7 Å². The highest BCUT2D eigenvalue weighted by molar-refractivity contribution is 7.11. The molecule has 1 aromatic heterocycles. The Kier molecular flexibility index (Phi) is 5.83. The van der Waals surface area contributed by atoms with Gasteiger partial charge in [-0.2, -0.15) is 0 Å². The first-order valence-electron chi connectivity index (χ1n) is 8.66. The van der Waals surface area contributed by atoms with Gasteiger partial charge in [-0.1, -0.05) is 30.3 Å². The summed E-state index contributed by atoms with van der Waals surface area (Å²) in [4.78, 5) is 22.1. The minimum absolute atomic E-state index is 0.0763. The van der Waals surface area contributed by atoms with E-state index >= 15 is 0 Å². The number of β-amino-alcohol motifs (C(OH)–C–C–N with tert-alkyl or cyclic N) is 1. The summed E-state index contributed by atoms with van der Waals surface area (Å²) in [5.74, 6) is 0.0763. The van der Waals surface area contributed by atoms with E-state index in [1.54, 1.807) is 16.2 Å². The molecule has 1 saturated heterocycles. The number of carbonyl (C=O) groups is 1. The van der Waals surface area contributed by atoms with Gasteiger partial charge in [0.25, 0.3) is 0 Å². The van der Waals surface area contributed by atoms with Crippen molar-refractivity contribution in [2.45, 2.75) is 32.9 Å². The average Bonchev–Trinajstić information content (AvgIpc) is 2.77. The minimum atomic E-state index is -0.514. The number of aryl methyl sites for hydroxylation is 2. The van der Waals surface area contributed by atoms with Crippen LogP contribution in [0.5, 0.6) is 0 Å². The molecule has 2 aromatic rings. The molecule has 0 saturated carbocycles. The predicted octanol–water partition coefficient (Wildman–Crippen LogP) is 2.01. The zero-order chi connectivity index (χ0) is 17.8. The van der Waals surface area contributed by atoms with Gasteiger partial charge in [-0.15, -0.1) is 11.3 Å². The summed E-state index contributed by atoms with van der Waals surface area (Å²) in [5.41, 5.74) is 2.17. The van der Waals surface area contributed by atoms with Crippen LogP contribution < -0.4 is 0 Å². The number of hydrogen-bond acceptors (Lipinski definition) is 5. The number of rotatable bonds is 4. The Labute approximate surface area is 152 Å². The third-order valence-corrected chi connectivity index (χ3v) is 5.57. The largest absolute Gasteiger partial charge is 0.390 e. The molecule has 3 rings (SSSR count). The van der Waals surface area contributed by atoms with Gasteiger partial charge in [0.05, 0.1) is 23.2 Å². The SMILES string of the molecule is Cc1nc(C)c(CC(=O)N2CCN(Cc3ccccc3)C[C@@H](O)C2)s1. The van der Waals surface area contributed by atoms with Crippen LogP contribution in [-0.4, -0.2) is 58.1 Å². The second kappa shape index (κ2) is 8.08. The standard InChI is InChI=1S/C19H25N3O2S/c1-14-18(25-15(2)20-14)10-19(24)22-9-8-21(12-17(23)13-22)11-16-6-4-3-5-7-16/h3-7,17,23H,8-13H2,1-2H3/t17-/m1/s1. The highest BCUT2D eigenvalue weighted by Gasteiger charge is 2.25. The molecule has 1 aromatic carbocycles. The number of benzene rings is 1. The first kappa shape index (κ1) is 18.0. The number of carbonyl (C=O) groups excluding carboxylic acids is 1. The van der Waals surface area contributed by atoms with Gasteiger partial charge in [-0.25, -0.2) is 4.98 Å². The third-order valence-electron chi connectivity index (χ3n) is 4.50. The highest BCUT2D eigenvalue weighted by Crippen LogP contribution is 2.19. The lowest BCUT2D eigenvalue weighted by molar-refractivity contribution is -0.131. The predicted molar refractivity (Wildman–Crippen MR) is 99.6 cm³/mol. The second-order valence-electron chi connectivity index (χ2n) is 6.63. The number of aliphatic hydroxyl groups is 1. The molecule has 1 aliphatic rings. The molecule has 134 valence electrons. The molecule has 6 heteroatoms. The summed E-state index contributed by atoms with van der Waals surface area (Å²) in [6.07, 6.45) is -0.137. The van der Waals surface area contributed by atoms with Crippen LogP contribution in [0.15, 0.2) is 30.3 Å². The lowest BCUT2D eigenvalue weighted by Gasteiger charge is -2.21.